The minimum atomic E-state index is -3.85. The highest BCUT2D eigenvalue weighted by atomic mass is 79.9. The molecule has 21 heavy (non-hydrogen) atoms. The Morgan fingerprint density at radius 3 is 2.48 bits per heavy atom. The Morgan fingerprint density at radius 1 is 1.29 bits per heavy atom. The lowest BCUT2D eigenvalue weighted by Gasteiger charge is -2.34. The number of halogens is 2. The fourth-order valence-electron chi connectivity index (χ4n) is 2.63. The fraction of sp³-hybridized carbons (Fsp3) is 0.500. The summed E-state index contributed by atoms with van der Waals surface area (Å²) in [7, 11) is 1.48. The van der Waals surface area contributed by atoms with Crippen molar-refractivity contribution in [3.63, 3.8) is 0 Å². The molecule has 1 aromatic carbocycles. The minimum absolute atomic E-state index is 0.0775. The van der Waals surface area contributed by atoms with Crippen molar-refractivity contribution in [2.75, 3.05) is 0 Å². The molecule has 1 amide bonds. The van der Waals surface area contributed by atoms with E-state index in [0.717, 1.165) is 25.7 Å². The van der Waals surface area contributed by atoms with E-state index in [1.807, 2.05) is 6.92 Å². The highest BCUT2D eigenvalue weighted by Gasteiger charge is 2.29. The van der Waals surface area contributed by atoms with Crippen LogP contribution in [0.2, 0.25) is 0 Å². The largest absolute Gasteiger partial charge is 0.347 e. The second-order valence-corrected chi connectivity index (χ2v) is 9.08. The van der Waals surface area contributed by atoms with Crippen LogP contribution in [0.5, 0.6) is 0 Å². The molecule has 1 aliphatic carbocycles. The number of carbonyl (C=O) groups is 1. The number of rotatable bonds is 3. The average Bonchev–Trinajstić information content (AvgIpc) is 2.38. The molecule has 4 nitrogen and oxygen atoms in total. The van der Waals surface area contributed by atoms with Crippen molar-refractivity contribution < 1.29 is 13.2 Å². The minimum Gasteiger partial charge on any atom is -0.347 e. The molecule has 1 fully saturated rings. The molecule has 0 heterocycles. The van der Waals surface area contributed by atoms with Crippen LogP contribution >= 0.6 is 26.6 Å². The molecule has 0 aliphatic heterocycles. The third-order valence-corrected chi connectivity index (χ3v) is 5.88. The van der Waals surface area contributed by atoms with Gasteiger partial charge in [-0.25, -0.2) is 8.42 Å². The summed E-state index contributed by atoms with van der Waals surface area (Å²) in [6, 6.07) is 4.19. The van der Waals surface area contributed by atoms with Gasteiger partial charge >= 0.3 is 0 Å². The summed E-state index contributed by atoms with van der Waals surface area (Å²) in [5.41, 5.74) is 0.0495. The van der Waals surface area contributed by atoms with Crippen LogP contribution < -0.4 is 5.32 Å². The molecule has 0 bridgehead atoms. The predicted octanol–water partition coefficient (Wildman–Crippen LogP) is 3.83. The zero-order valence-corrected chi connectivity index (χ0v) is 14.8. The monoisotopic (exact) mass is 393 g/mol. The third kappa shape index (κ3) is 4.20. The highest BCUT2D eigenvalue weighted by molar-refractivity contribution is 9.10. The summed E-state index contributed by atoms with van der Waals surface area (Å²) in [5, 5.41) is 3.02. The summed E-state index contributed by atoms with van der Waals surface area (Å²) in [4.78, 5) is 12.4. The van der Waals surface area contributed by atoms with Crippen LogP contribution in [0, 0.1) is 0 Å². The molecule has 0 aromatic heterocycles. The van der Waals surface area contributed by atoms with Gasteiger partial charge in [0.05, 0.1) is 10.5 Å². The first-order valence-corrected chi connectivity index (χ1v) is 9.88. The van der Waals surface area contributed by atoms with Crippen molar-refractivity contribution in [1.82, 2.24) is 5.32 Å². The van der Waals surface area contributed by atoms with Crippen LogP contribution in [0.3, 0.4) is 0 Å². The van der Waals surface area contributed by atoms with E-state index in [0.29, 0.717) is 4.47 Å². The molecule has 1 N–H and O–H groups in total. The van der Waals surface area contributed by atoms with Gasteiger partial charge in [0.15, 0.2) is 0 Å². The van der Waals surface area contributed by atoms with E-state index < -0.39 is 9.05 Å². The molecule has 116 valence electrons. The molecular weight excluding hydrogens is 378 g/mol. The van der Waals surface area contributed by atoms with Crippen LogP contribution in [0.15, 0.2) is 27.6 Å². The molecule has 1 aliphatic rings. The van der Waals surface area contributed by atoms with E-state index in [4.69, 9.17) is 10.7 Å². The van der Waals surface area contributed by atoms with Crippen LogP contribution in [0.1, 0.15) is 49.4 Å². The summed E-state index contributed by atoms with van der Waals surface area (Å²) >= 11 is 3.28. The van der Waals surface area contributed by atoms with E-state index in [1.165, 1.54) is 24.6 Å². The average molecular weight is 395 g/mol. The maximum absolute atomic E-state index is 12.4. The lowest BCUT2D eigenvalue weighted by molar-refractivity contribution is 0.0881. The van der Waals surface area contributed by atoms with Gasteiger partial charge in [-0.2, -0.15) is 0 Å². The Hall–Kier alpha value is -0.590. The normalized spacial score (nSPS) is 18.2. The number of nitrogens with one attached hydrogen (secondary N) is 1. The summed E-state index contributed by atoms with van der Waals surface area (Å²) in [6.45, 7) is 2.03. The second-order valence-electron chi connectivity index (χ2n) is 5.65. The smallest absolute Gasteiger partial charge is 0.261 e. The maximum Gasteiger partial charge on any atom is 0.261 e. The lowest BCUT2D eigenvalue weighted by Crippen LogP contribution is -2.47. The second kappa shape index (κ2) is 6.26. The SMILES string of the molecule is CC1(NC(=O)c2cc(S(=O)(=O)Cl)ccc2Br)CCCCC1. The van der Waals surface area contributed by atoms with Gasteiger partial charge < -0.3 is 5.32 Å². The first-order valence-electron chi connectivity index (χ1n) is 6.78. The summed E-state index contributed by atoms with van der Waals surface area (Å²) in [5.74, 6) is -0.284. The van der Waals surface area contributed by atoms with Crippen LogP contribution in [0.25, 0.3) is 0 Å². The first kappa shape index (κ1) is 16.8. The van der Waals surface area contributed by atoms with Gasteiger partial charge in [-0.05, 0) is 53.9 Å². The standard InChI is InChI=1S/C14H17BrClNO3S/c1-14(7-3-2-4-8-14)17-13(18)11-9-10(21(16,19)20)5-6-12(11)15/h5-6,9H,2-4,7-8H2,1H3,(H,17,18). The summed E-state index contributed by atoms with van der Waals surface area (Å²) in [6.07, 6.45) is 5.24. The van der Waals surface area contributed by atoms with Crippen molar-refractivity contribution in [3.8, 4) is 0 Å². The molecule has 0 saturated heterocycles. The molecule has 0 unspecified atom stereocenters. The van der Waals surface area contributed by atoms with Crippen LogP contribution in [0.4, 0.5) is 0 Å². The maximum atomic E-state index is 12.4. The van der Waals surface area contributed by atoms with E-state index in [9.17, 15) is 13.2 Å². The van der Waals surface area contributed by atoms with Gasteiger partial charge in [0, 0.05) is 20.7 Å². The van der Waals surface area contributed by atoms with Gasteiger partial charge in [-0.15, -0.1) is 0 Å². The third-order valence-electron chi connectivity index (χ3n) is 3.84. The van der Waals surface area contributed by atoms with Crippen molar-refractivity contribution >= 4 is 41.6 Å². The molecule has 1 saturated carbocycles. The number of benzene rings is 1. The number of hydrogen-bond donors (Lipinski definition) is 1. The van der Waals surface area contributed by atoms with Gasteiger partial charge in [-0.1, -0.05) is 19.3 Å². The number of carbonyl (C=O) groups excluding carboxylic acids is 1. The molecular formula is C14H17BrClNO3S. The summed E-state index contributed by atoms with van der Waals surface area (Å²) < 4.78 is 23.3. The first-order chi connectivity index (χ1) is 9.71. The topological polar surface area (TPSA) is 63.2 Å². The van der Waals surface area contributed by atoms with E-state index in [-0.39, 0.29) is 21.9 Å². The van der Waals surface area contributed by atoms with Gasteiger partial charge in [-0.3, -0.25) is 4.79 Å². The molecule has 7 heteroatoms. The van der Waals surface area contributed by atoms with E-state index in [1.54, 1.807) is 0 Å². The van der Waals surface area contributed by atoms with Crippen molar-refractivity contribution in [2.45, 2.75) is 49.5 Å². The zero-order valence-electron chi connectivity index (χ0n) is 11.7. The van der Waals surface area contributed by atoms with Crippen LogP contribution in [-0.4, -0.2) is 19.9 Å². The van der Waals surface area contributed by atoms with Crippen molar-refractivity contribution in [1.29, 1.82) is 0 Å². The van der Waals surface area contributed by atoms with Gasteiger partial charge in [0.1, 0.15) is 0 Å². The molecule has 1 aromatic rings. The molecule has 2 rings (SSSR count). The number of amides is 1. The molecule has 0 atom stereocenters. The Bertz CT molecular complexity index is 654. The molecule has 0 radical (unpaired) electrons. The Labute approximate surface area is 137 Å². The highest BCUT2D eigenvalue weighted by Crippen LogP contribution is 2.29. The Kier molecular flexibility index (Phi) is 5.00. The van der Waals surface area contributed by atoms with Gasteiger partial charge in [0.25, 0.3) is 15.0 Å². The quantitative estimate of drug-likeness (QED) is 0.792. The van der Waals surface area contributed by atoms with Crippen LogP contribution in [-0.2, 0) is 9.05 Å². The Balaban J connectivity index is 2.26. The fourth-order valence-corrected chi connectivity index (χ4v) is 3.83. The molecule has 0 spiro atoms. The van der Waals surface area contributed by atoms with Crippen molar-refractivity contribution in [3.05, 3.63) is 28.2 Å². The predicted molar refractivity (Wildman–Crippen MR) is 86.1 cm³/mol. The lowest BCUT2D eigenvalue weighted by atomic mass is 9.83. The zero-order chi connectivity index (χ0) is 15.7. The van der Waals surface area contributed by atoms with Crippen molar-refractivity contribution in [2.24, 2.45) is 0 Å². The van der Waals surface area contributed by atoms with Gasteiger partial charge in [0.2, 0.25) is 0 Å². The Morgan fingerprint density at radius 2 is 1.90 bits per heavy atom. The number of hydrogen-bond acceptors (Lipinski definition) is 3. The van der Waals surface area contributed by atoms with E-state index in [2.05, 4.69) is 21.2 Å². The van der Waals surface area contributed by atoms with E-state index >= 15 is 0 Å².